The molecule has 147 heavy (non-hydrogen) atoms. The van der Waals surface area contributed by atoms with Gasteiger partial charge in [0.1, 0.15) is 39.2 Å². The minimum absolute atomic E-state index is 0.00109. The molecule has 0 heterocycles. The van der Waals surface area contributed by atoms with E-state index in [1.807, 2.05) is 249 Å². The van der Waals surface area contributed by atoms with Gasteiger partial charge in [-0.15, -0.1) is 0 Å². The second kappa shape index (κ2) is 70.1. The van der Waals surface area contributed by atoms with Crippen molar-refractivity contribution in [1.29, 1.82) is 0 Å². The van der Waals surface area contributed by atoms with Gasteiger partial charge in [-0.25, -0.2) is 19.2 Å². The monoisotopic (exact) mass is 2090 g/mol. The van der Waals surface area contributed by atoms with Crippen LogP contribution in [0, 0.1) is 79.3 Å². The van der Waals surface area contributed by atoms with Gasteiger partial charge in [0.05, 0.1) is 44.5 Å². The number of rotatable bonds is 40. The first kappa shape index (κ1) is 145. The molecule has 10 aliphatic rings. The lowest BCUT2D eigenvalue weighted by molar-refractivity contribution is -0.224. The SMILES string of the molecule is CC.CC.CC.CC.CC.CC.CCC(C)(C)C(=O)OC12CC3CC(C1)CC(C(=O)OC1(C)CCCCC1)(C3)C2.CCC(C)(C)C(=O)OCC(=O)OC(C)(C)C1CC1.CCC(C)(C)C(=O)OCC(=O)OC(C)(C)C1CCCCC1.CCC(C)(C)C(=O)OCC(=O)OC(C)(CC)C1CCCCC1.CCC(C)(C)C(=O)OCC(=O)OC(CC)(CC)C1CCCCC1.CCC(C)(C)C(=O)OCCCC(=O)OC(C)(C)C1CCCCC1. The van der Waals surface area contributed by atoms with Crippen molar-refractivity contribution in [3.05, 3.63) is 0 Å². The highest BCUT2D eigenvalue weighted by molar-refractivity contribution is 5.83. The predicted molar refractivity (Wildman–Crippen MR) is 594 cm³/mol. The molecule has 24 heteroatoms. The highest BCUT2D eigenvalue weighted by atomic mass is 16.6. The lowest BCUT2D eigenvalue weighted by Gasteiger charge is -2.60. The quantitative estimate of drug-likeness (QED) is 0.0312. The zero-order chi connectivity index (χ0) is 114. The fraction of sp³-hybridized carbons (Fsp3) is 0.902. The summed E-state index contributed by atoms with van der Waals surface area (Å²) >= 11 is 0. The van der Waals surface area contributed by atoms with Gasteiger partial charge < -0.3 is 56.8 Å². The van der Waals surface area contributed by atoms with Gasteiger partial charge in [-0.05, 0) is 366 Å². The second-order valence-corrected chi connectivity index (χ2v) is 47.4. The van der Waals surface area contributed by atoms with Crippen LogP contribution >= 0.6 is 0 Å². The Morgan fingerprint density at radius 3 is 0.850 bits per heavy atom. The van der Waals surface area contributed by atoms with E-state index >= 15 is 0 Å². The molecule has 0 radical (unpaired) electrons. The van der Waals surface area contributed by atoms with Crippen LogP contribution in [0.4, 0.5) is 0 Å². The maximum absolute atomic E-state index is 13.5. The second-order valence-electron chi connectivity index (χ2n) is 47.4. The summed E-state index contributed by atoms with van der Waals surface area (Å²) in [6.45, 7) is 79.1. The van der Waals surface area contributed by atoms with Gasteiger partial charge in [0.2, 0.25) is 0 Å². The van der Waals surface area contributed by atoms with Crippen LogP contribution in [-0.4, -0.2) is 144 Å². The third-order valence-corrected chi connectivity index (χ3v) is 32.9. The molecule has 10 aliphatic carbocycles. The Kier molecular flexibility index (Phi) is 69.1. The van der Waals surface area contributed by atoms with Gasteiger partial charge in [-0.3, -0.25) is 38.4 Å². The summed E-state index contributed by atoms with van der Waals surface area (Å²) in [4.78, 5) is 146. The fourth-order valence-corrected chi connectivity index (χ4v) is 20.3. The third-order valence-electron chi connectivity index (χ3n) is 32.9. The fourth-order valence-electron chi connectivity index (χ4n) is 20.3. The summed E-state index contributed by atoms with van der Waals surface area (Å²) in [5.74, 6) is -0.506. The van der Waals surface area contributed by atoms with Gasteiger partial charge >= 0.3 is 71.6 Å². The van der Waals surface area contributed by atoms with E-state index in [1.54, 1.807) is 13.8 Å². The van der Waals surface area contributed by atoms with E-state index in [1.165, 1.54) is 89.9 Å². The summed E-state index contributed by atoms with van der Waals surface area (Å²) in [7, 11) is 0. The van der Waals surface area contributed by atoms with Gasteiger partial charge in [0.25, 0.3) is 0 Å². The maximum atomic E-state index is 13.5. The van der Waals surface area contributed by atoms with Crippen LogP contribution in [0.2, 0.25) is 0 Å². The molecular formula is C123H228O24. The largest absolute Gasteiger partial charge is 0.465 e. The minimum Gasteiger partial charge on any atom is -0.465 e. The van der Waals surface area contributed by atoms with Crippen LogP contribution in [0.5, 0.6) is 0 Å². The van der Waals surface area contributed by atoms with Gasteiger partial charge in [-0.1, -0.05) is 229 Å². The van der Waals surface area contributed by atoms with E-state index in [0.717, 1.165) is 148 Å². The number of carbonyl (C=O) groups excluding carboxylic acids is 12. The lowest BCUT2D eigenvalue weighted by Crippen LogP contribution is -2.61. The molecule has 0 spiro atoms. The number of carbonyl (C=O) groups is 12. The topological polar surface area (TPSA) is 316 Å². The minimum atomic E-state index is -0.559. The highest BCUT2D eigenvalue weighted by Crippen LogP contribution is 2.64. The van der Waals surface area contributed by atoms with Crippen molar-refractivity contribution in [3.63, 3.8) is 0 Å². The molecule has 24 nitrogen and oxygen atoms in total. The van der Waals surface area contributed by atoms with Crippen LogP contribution in [0.3, 0.4) is 0 Å². The molecular weight excluding hydrogens is 1860 g/mol. The van der Waals surface area contributed by atoms with Crippen molar-refractivity contribution in [1.82, 2.24) is 0 Å². The third kappa shape index (κ3) is 50.2. The van der Waals surface area contributed by atoms with E-state index in [4.69, 9.17) is 56.8 Å². The van der Waals surface area contributed by atoms with E-state index in [9.17, 15) is 57.5 Å². The van der Waals surface area contributed by atoms with Crippen LogP contribution in [0.15, 0.2) is 0 Å². The normalized spacial score (nSPS) is 20.3. The van der Waals surface area contributed by atoms with E-state index in [2.05, 4.69) is 20.8 Å². The Hall–Kier alpha value is -6.36. The Bertz CT molecular complexity index is 3710. The molecule has 10 fully saturated rings. The molecule has 0 aromatic rings. The number of hydrogen-bond acceptors (Lipinski definition) is 24. The van der Waals surface area contributed by atoms with Crippen molar-refractivity contribution in [3.8, 4) is 0 Å². The van der Waals surface area contributed by atoms with Crippen molar-refractivity contribution >= 4 is 71.6 Å². The molecule has 3 unspecified atom stereocenters. The Labute approximate surface area is 899 Å². The Balaban J connectivity index is -0.00000166. The zero-order valence-corrected chi connectivity index (χ0v) is 102. The van der Waals surface area contributed by atoms with Crippen molar-refractivity contribution < 1.29 is 114 Å². The van der Waals surface area contributed by atoms with Crippen molar-refractivity contribution in [2.45, 2.75) is 606 Å². The smallest absolute Gasteiger partial charge is 0.344 e. The first-order chi connectivity index (χ1) is 68.7. The first-order valence-electron chi connectivity index (χ1n) is 59.1. The van der Waals surface area contributed by atoms with Gasteiger partial charge in [0.15, 0.2) is 26.4 Å². The lowest BCUT2D eigenvalue weighted by atomic mass is 9.47. The van der Waals surface area contributed by atoms with Crippen molar-refractivity contribution in [2.24, 2.45) is 79.3 Å². The predicted octanol–water partition coefficient (Wildman–Crippen LogP) is 31.8. The summed E-state index contributed by atoms with van der Waals surface area (Å²) in [5.41, 5.74) is -6.47. The maximum Gasteiger partial charge on any atom is 0.344 e. The summed E-state index contributed by atoms with van der Waals surface area (Å²) < 4.78 is 66.2. The molecule has 3 atom stereocenters. The molecule has 4 bridgehead atoms. The molecule has 0 N–H and O–H groups in total. The molecule has 0 saturated heterocycles. The standard InChI is InChI=1S/C24H38O4.2C19H34O4.C18H32O4.C17H30O4.C14H24O4.6C2H6/c1-5-21(2,3)19(25)28-24-14-17-11-18(15-24)13-23(12-17,16-24)20(26)27-22(4)9-7-6-8-10-22;1-6-18(2,3)17(21)22-14-10-13-16(20)23-19(4,5)15-11-8-7-9-12-15;1-6-18(4,5)17(21)22-14-16(20)23-19(7-2,8-3)15-12-10-9-11-13-15;1-6-17(3,4)16(20)21-13-15(19)22-18(5,7-2)14-11-9-8-10-12-14;1-6-16(2,3)15(19)20-12-14(18)21-17(4,5)13-10-8-7-9-11-13;1-6-13(2,3)12(16)17-9-11(15)18-14(4,5)10-7-8-10;6*1-2/h17-18H,5-16H2,1-4H3;2*15H,6-14H2,1-5H3;14H,6-13H2,1-5H3;13H,6-12H2,1-5H3;10H,6-9H2,1-5H3;6*1-2H3. The first-order valence-corrected chi connectivity index (χ1v) is 59.1. The molecule has 0 aromatic carbocycles. The average molecular weight is 2090 g/mol. The Morgan fingerprint density at radius 1 is 0.272 bits per heavy atom. The molecule has 864 valence electrons. The van der Waals surface area contributed by atoms with Gasteiger partial charge in [0, 0.05) is 12.8 Å². The van der Waals surface area contributed by atoms with Crippen LogP contribution in [-0.2, 0) is 114 Å². The van der Waals surface area contributed by atoms with E-state index in [-0.39, 0.29) is 86.4 Å². The molecule has 0 aliphatic heterocycles. The zero-order valence-electron chi connectivity index (χ0n) is 102. The van der Waals surface area contributed by atoms with E-state index in [0.29, 0.717) is 86.4 Å². The highest BCUT2D eigenvalue weighted by Gasteiger charge is 2.64. The van der Waals surface area contributed by atoms with Crippen LogP contribution in [0.25, 0.3) is 0 Å². The van der Waals surface area contributed by atoms with Crippen LogP contribution < -0.4 is 0 Å². The van der Waals surface area contributed by atoms with E-state index < -0.39 is 95.4 Å². The van der Waals surface area contributed by atoms with Gasteiger partial charge in [-0.2, -0.15) is 0 Å². The summed E-state index contributed by atoms with van der Waals surface area (Å²) in [6.07, 6.45) is 44.5. The number of esters is 12. The summed E-state index contributed by atoms with van der Waals surface area (Å²) in [5, 5.41) is 0. The molecule has 0 amide bonds. The average Bonchev–Trinajstić information content (AvgIpc) is 1.17. The number of hydrogen-bond donors (Lipinski definition) is 0. The molecule has 0 aromatic heterocycles. The van der Waals surface area contributed by atoms with Crippen LogP contribution in [0.1, 0.15) is 566 Å². The summed E-state index contributed by atoms with van der Waals surface area (Å²) in [6, 6.07) is 0. The molecule has 10 saturated carbocycles. The van der Waals surface area contributed by atoms with Crippen molar-refractivity contribution in [2.75, 3.05) is 33.0 Å². The Morgan fingerprint density at radius 2 is 0.544 bits per heavy atom. The molecule has 10 rings (SSSR count). The number of ether oxygens (including phenoxy) is 12.